The van der Waals surface area contributed by atoms with Gasteiger partial charge in [0.15, 0.2) is 0 Å². The van der Waals surface area contributed by atoms with Gasteiger partial charge in [-0.2, -0.15) is 0 Å². The fraction of sp³-hybridized carbons (Fsp3) is 0.826. The van der Waals surface area contributed by atoms with E-state index in [0.29, 0.717) is 31.9 Å². The molecule has 1 unspecified atom stereocenters. The van der Waals surface area contributed by atoms with Gasteiger partial charge in [-0.25, -0.2) is 8.42 Å². The first-order valence-corrected chi connectivity index (χ1v) is 13.6. The molecule has 0 bridgehead atoms. The maximum atomic E-state index is 12.8. The molecular formula is C23H42N2NaO6S+. The number of Topliss-reactive ketones (excluding diaryl/α,β-unsaturated/α-hetero) is 1. The van der Waals surface area contributed by atoms with Crippen LogP contribution in [0.2, 0.25) is 0 Å². The molecular weight excluding hydrogens is 455 g/mol. The summed E-state index contributed by atoms with van der Waals surface area (Å²) in [5.74, 6) is -0.521. The second-order valence-electron chi connectivity index (χ2n) is 8.53. The van der Waals surface area contributed by atoms with Crippen molar-refractivity contribution in [3.8, 4) is 0 Å². The first-order chi connectivity index (χ1) is 15.3. The van der Waals surface area contributed by atoms with E-state index >= 15 is 0 Å². The third-order valence-corrected chi connectivity index (χ3v) is 6.41. The molecule has 0 aliphatic carbocycles. The maximum Gasteiger partial charge on any atom is 1.00 e. The molecule has 0 aromatic rings. The Balaban J connectivity index is 0.0000102. The van der Waals surface area contributed by atoms with E-state index in [1.54, 1.807) is 9.48 Å². The van der Waals surface area contributed by atoms with Gasteiger partial charge in [0.25, 0.3) is 0 Å². The van der Waals surface area contributed by atoms with Crippen LogP contribution in [-0.2, 0) is 14.9 Å². The summed E-state index contributed by atoms with van der Waals surface area (Å²) in [6.45, 7) is 3.24. The number of amidine groups is 1. The zero-order valence-electron chi connectivity index (χ0n) is 20.6. The van der Waals surface area contributed by atoms with Crippen LogP contribution in [0.25, 0.3) is 0 Å². The average molecular weight is 498 g/mol. The van der Waals surface area contributed by atoms with Gasteiger partial charge in [-0.3, -0.25) is 14.3 Å². The van der Waals surface area contributed by atoms with E-state index < -0.39 is 22.0 Å². The first kappa shape index (κ1) is 32.7. The van der Waals surface area contributed by atoms with Gasteiger partial charge in [-0.1, -0.05) is 57.6 Å². The van der Waals surface area contributed by atoms with E-state index in [-0.39, 0.29) is 48.5 Å². The summed E-state index contributed by atoms with van der Waals surface area (Å²) in [5.41, 5.74) is 0. The van der Waals surface area contributed by atoms with Crippen LogP contribution in [0.15, 0.2) is 12.2 Å². The Morgan fingerprint density at radius 1 is 1.12 bits per heavy atom. The predicted molar refractivity (Wildman–Crippen MR) is 125 cm³/mol. The van der Waals surface area contributed by atoms with Crippen LogP contribution in [0.5, 0.6) is 0 Å². The molecule has 33 heavy (non-hydrogen) atoms. The number of unbranched alkanes of at least 4 members (excludes halogenated alkanes) is 8. The number of rotatable bonds is 19. The smallest absolute Gasteiger partial charge is 0.748 e. The molecule has 0 aromatic heterocycles. The van der Waals surface area contributed by atoms with Crippen molar-refractivity contribution in [2.45, 2.75) is 83.7 Å². The second-order valence-corrected chi connectivity index (χ2v) is 9.98. The van der Waals surface area contributed by atoms with Gasteiger partial charge in [-0.05, 0) is 25.7 Å². The first-order valence-electron chi connectivity index (χ1n) is 12.1. The quantitative estimate of drug-likeness (QED) is 0.0776. The minimum absolute atomic E-state index is 0. The summed E-state index contributed by atoms with van der Waals surface area (Å²) in [7, 11) is -4.54. The topological polar surface area (TPSA) is 121 Å². The van der Waals surface area contributed by atoms with Crippen LogP contribution in [0.3, 0.4) is 0 Å². The number of hydrogen-bond donors (Lipinski definition) is 2. The number of β-amino-alcohol motifs (C(OH)–C–C–N with tert-alkyl or cyclic N) is 2. The summed E-state index contributed by atoms with van der Waals surface area (Å²) in [6, 6.07) is 0. The van der Waals surface area contributed by atoms with Crippen molar-refractivity contribution in [3.63, 3.8) is 0 Å². The molecule has 0 saturated carbocycles. The number of ketones is 1. The summed E-state index contributed by atoms with van der Waals surface area (Å²) in [4.78, 5) is 14.6. The van der Waals surface area contributed by atoms with Crippen LogP contribution in [-0.4, -0.2) is 88.9 Å². The maximum absolute atomic E-state index is 12.8. The molecule has 1 atom stereocenters. The predicted octanol–water partition coefficient (Wildman–Crippen LogP) is -0.948. The van der Waals surface area contributed by atoms with Crippen LogP contribution < -0.4 is 29.6 Å². The molecule has 0 spiro atoms. The number of aliphatic hydroxyl groups excluding tert-OH is 2. The largest absolute Gasteiger partial charge is 1.00 e. The van der Waals surface area contributed by atoms with E-state index in [0.717, 1.165) is 25.7 Å². The minimum Gasteiger partial charge on any atom is -0.748 e. The van der Waals surface area contributed by atoms with E-state index in [1.807, 2.05) is 0 Å². The molecule has 186 valence electrons. The van der Waals surface area contributed by atoms with Gasteiger partial charge < -0.3 is 14.8 Å². The van der Waals surface area contributed by atoms with Gasteiger partial charge in [0.05, 0.1) is 22.5 Å². The second kappa shape index (κ2) is 19.0. The van der Waals surface area contributed by atoms with Crippen molar-refractivity contribution in [1.29, 1.82) is 0 Å². The molecule has 0 fully saturated rings. The molecule has 1 aliphatic heterocycles. The van der Waals surface area contributed by atoms with E-state index in [2.05, 4.69) is 19.1 Å². The molecule has 1 aliphatic rings. The molecule has 2 N–H and O–H groups in total. The summed E-state index contributed by atoms with van der Waals surface area (Å²) in [6.07, 6.45) is 14.8. The van der Waals surface area contributed by atoms with Crippen molar-refractivity contribution in [1.82, 2.24) is 4.90 Å². The number of allylic oxidation sites excluding steroid dienone is 2. The Bertz CT molecular complexity index is 712. The number of aliphatic hydroxyl groups is 2. The van der Waals surface area contributed by atoms with Crippen molar-refractivity contribution >= 4 is 21.7 Å². The van der Waals surface area contributed by atoms with Crippen LogP contribution in [0.4, 0.5) is 0 Å². The van der Waals surface area contributed by atoms with E-state index in [4.69, 9.17) is 0 Å². The fourth-order valence-corrected chi connectivity index (χ4v) is 4.65. The average Bonchev–Trinajstić information content (AvgIpc) is 3.09. The van der Waals surface area contributed by atoms with Crippen LogP contribution >= 0.6 is 0 Å². The third kappa shape index (κ3) is 15.3. The standard InChI is InChI=1S/C23H42N2O6S.Na/c1-2-3-4-5-6-7-8-9-10-11-12-13-14-22(28)23-24(17-18-26)15-16-25(23)19-21(27)20-32(29,30)31;/h3-4,21,26-27H,2,5-20H2,1H3;/q;+1/b4-3+;. The zero-order valence-corrected chi connectivity index (χ0v) is 23.4. The number of carbonyl (C=O) groups is 1. The summed E-state index contributed by atoms with van der Waals surface area (Å²) >= 11 is 0. The Morgan fingerprint density at radius 3 is 2.30 bits per heavy atom. The van der Waals surface area contributed by atoms with Crippen molar-refractivity contribution in [2.24, 2.45) is 0 Å². The Hall–Kier alpha value is -0.290. The third-order valence-electron chi connectivity index (χ3n) is 5.61. The van der Waals surface area contributed by atoms with E-state index in [9.17, 15) is 28.0 Å². The van der Waals surface area contributed by atoms with Crippen LogP contribution in [0, 0.1) is 0 Å². The molecule has 0 saturated heterocycles. The Morgan fingerprint density at radius 2 is 1.73 bits per heavy atom. The van der Waals surface area contributed by atoms with Crippen LogP contribution in [0.1, 0.15) is 77.6 Å². The van der Waals surface area contributed by atoms with Gasteiger partial charge in [-0.15, -0.1) is 0 Å². The summed E-state index contributed by atoms with van der Waals surface area (Å²) < 4.78 is 34.3. The Labute approximate surface area is 222 Å². The molecule has 0 radical (unpaired) electrons. The normalized spacial score (nSPS) is 15.3. The van der Waals surface area contributed by atoms with Crippen molar-refractivity contribution in [2.75, 3.05) is 38.5 Å². The van der Waals surface area contributed by atoms with Gasteiger partial charge in [0, 0.05) is 6.42 Å². The monoisotopic (exact) mass is 497 g/mol. The molecule has 8 nitrogen and oxygen atoms in total. The van der Waals surface area contributed by atoms with Gasteiger partial charge in [0.1, 0.15) is 32.3 Å². The molecule has 10 heteroatoms. The number of nitrogens with zero attached hydrogens (tertiary/aromatic N) is 2. The number of hydrogen-bond acceptors (Lipinski definition) is 7. The van der Waals surface area contributed by atoms with Crippen molar-refractivity contribution < 1.29 is 62.1 Å². The zero-order chi connectivity index (χ0) is 23.8. The number of carbonyl (C=O) groups excluding carboxylic acids is 1. The molecule has 0 aromatic carbocycles. The molecule has 0 amide bonds. The van der Waals surface area contributed by atoms with Gasteiger partial charge >= 0.3 is 35.4 Å². The molecule has 1 rings (SSSR count). The minimum atomic E-state index is -4.54. The summed E-state index contributed by atoms with van der Waals surface area (Å²) in [5, 5.41) is 19.2. The van der Waals surface area contributed by atoms with E-state index in [1.165, 1.54) is 38.5 Å². The molecule has 1 heterocycles. The van der Waals surface area contributed by atoms with Gasteiger partial charge in [0.2, 0.25) is 5.78 Å². The SMILES string of the molecule is CC/C=C/CCCCCCCCCCC(=O)C1=[N+](CC(O)CS(=O)(=O)[O-])CCN1CCO.[Na+]. The van der Waals surface area contributed by atoms with Crippen molar-refractivity contribution in [3.05, 3.63) is 12.2 Å². The fourth-order valence-electron chi connectivity index (χ4n) is 4.07. The Kier molecular flexibility index (Phi) is 18.8.